The first kappa shape index (κ1) is 13.0. The second-order valence-electron chi connectivity index (χ2n) is 4.09. The first-order chi connectivity index (χ1) is 9.06. The zero-order valence-electron chi connectivity index (χ0n) is 11.0. The van der Waals surface area contributed by atoms with Gasteiger partial charge >= 0.3 is 5.97 Å². The van der Waals surface area contributed by atoms with E-state index in [-0.39, 0.29) is 12.5 Å². The summed E-state index contributed by atoms with van der Waals surface area (Å²) in [6.45, 7) is 1.62. The maximum Gasteiger partial charge on any atom is 0.340 e. The Morgan fingerprint density at radius 1 is 1.37 bits per heavy atom. The van der Waals surface area contributed by atoms with E-state index in [2.05, 4.69) is 15.2 Å². The van der Waals surface area contributed by atoms with Crippen molar-refractivity contribution in [2.24, 2.45) is 0 Å². The monoisotopic (exact) mass is 262 g/mol. The molecule has 2 aromatic rings. The average molecular weight is 262 g/mol. The fourth-order valence-electron chi connectivity index (χ4n) is 1.38. The van der Waals surface area contributed by atoms with E-state index in [0.29, 0.717) is 11.5 Å². The van der Waals surface area contributed by atoms with Crippen molar-refractivity contribution in [3.8, 4) is 0 Å². The third kappa shape index (κ3) is 3.27. The van der Waals surface area contributed by atoms with Crippen LogP contribution in [-0.2, 0) is 11.3 Å². The second kappa shape index (κ2) is 5.47. The van der Waals surface area contributed by atoms with Gasteiger partial charge in [-0.05, 0) is 12.1 Å². The molecule has 2 heterocycles. The number of hydrogen-bond acceptors (Lipinski definition) is 7. The lowest BCUT2D eigenvalue weighted by molar-refractivity contribution is 0.0436. The third-order valence-corrected chi connectivity index (χ3v) is 2.34. The number of anilines is 1. The summed E-state index contributed by atoms with van der Waals surface area (Å²) in [5.41, 5.74) is 0.377. The van der Waals surface area contributed by atoms with E-state index in [1.165, 1.54) is 6.20 Å². The highest BCUT2D eigenvalue weighted by atomic mass is 16.5. The van der Waals surface area contributed by atoms with Gasteiger partial charge in [-0.3, -0.25) is 0 Å². The van der Waals surface area contributed by atoms with Gasteiger partial charge in [0, 0.05) is 27.2 Å². The van der Waals surface area contributed by atoms with Crippen LogP contribution in [0.25, 0.3) is 0 Å². The van der Waals surface area contributed by atoms with E-state index in [1.54, 1.807) is 19.1 Å². The van der Waals surface area contributed by atoms with Crippen molar-refractivity contribution >= 4 is 11.8 Å². The maximum atomic E-state index is 11.7. The van der Waals surface area contributed by atoms with Crippen molar-refractivity contribution in [3.05, 3.63) is 35.7 Å². The molecule has 100 valence electrons. The Morgan fingerprint density at radius 2 is 2.16 bits per heavy atom. The highest BCUT2D eigenvalue weighted by molar-refractivity contribution is 5.89. The number of carbonyl (C=O) groups excluding carboxylic acids is 1. The van der Waals surface area contributed by atoms with Gasteiger partial charge in [-0.25, -0.2) is 9.78 Å². The largest absolute Gasteiger partial charge is 0.452 e. The van der Waals surface area contributed by atoms with Crippen LogP contribution in [0.5, 0.6) is 0 Å². The fraction of sp³-hybridized carbons (Fsp3) is 0.333. The molecule has 0 N–H and O–H groups in total. The number of nitrogens with zero attached hydrogens (tertiary/aromatic N) is 4. The molecule has 0 aliphatic carbocycles. The van der Waals surface area contributed by atoms with Crippen molar-refractivity contribution in [2.75, 3.05) is 19.0 Å². The van der Waals surface area contributed by atoms with Gasteiger partial charge in [0.05, 0.1) is 5.56 Å². The topological polar surface area (TPSA) is 81.4 Å². The highest BCUT2D eigenvalue weighted by Crippen LogP contribution is 2.09. The van der Waals surface area contributed by atoms with Gasteiger partial charge in [0.25, 0.3) is 5.89 Å². The summed E-state index contributed by atoms with van der Waals surface area (Å²) < 4.78 is 10.1. The van der Waals surface area contributed by atoms with Crippen LogP contribution in [0.1, 0.15) is 22.1 Å². The summed E-state index contributed by atoms with van der Waals surface area (Å²) in [5.74, 6) is 0.990. The lowest BCUT2D eigenvalue weighted by atomic mass is 10.3. The maximum absolute atomic E-state index is 11.7. The third-order valence-electron chi connectivity index (χ3n) is 2.34. The predicted molar refractivity (Wildman–Crippen MR) is 66.7 cm³/mol. The van der Waals surface area contributed by atoms with Crippen LogP contribution in [-0.4, -0.2) is 35.2 Å². The molecule has 0 radical (unpaired) electrons. The van der Waals surface area contributed by atoms with E-state index in [0.717, 1.165) is 5.82 Å². The predicted octanol–water partition coefficient (Wildman–Crippen LogP) is 1.20. The quantitative estimate of drug-likeness (QED) is 0.765. The number of ether oxygens (including phenoxy) is 1. The summed E-state index contributed by atoms with van der Waals surface area (Å²) in [5, 5.41) is 7.38. The molecule has 0 aromatic carbocycles. The first-order valence-corrected chi connectivity index (χ1v) is 5.66. The number of aryl methyl sites for hydroxylation is 1. The minimum atomic E-state index is -0.478. The summed E-state index contributed by atoms with van der Waals surface area (Å²) >= 11 is 0. The molecule has 19 heavy (non-hydrogen) atoms. The molecular weight excluding hydrogens is 248 g/mol. The van der Waals surface area contributed by atoms with E-state index < -0.39 is 5.97 Å². The van der Waals surface area contributed by atoms with Crippen LogP contribution in [0.4, 0.5) is 5.82 Å². The van der Waals surface area contributed by atoms with Gasteiger partial charge in [0.2, 0.25) is 5.89 Å². The molecule has 2 rings (SSSR count). The Hall–Kier alpha value is -2.44. The lowest BCUT2D eigenvalue weighted by Gasteiger charge is -2.10. The Balaban J connectivity index is 1.96. The number of pyridine rings is 1. The molecule has 0 saturated heterocycles. The Kier molecular flexibility index (Phi) is 3.74. The molecule has 0 aliphatic heterocycles. The van der Waals surface area contributed by atoms with Crippen molar-refractivity contribution in [3.63, 3.8) is 0 Å². The number of aromatic nitrogens is 3. The normalized spacial score (nSPS) is 10.3. The Morgan fingerprint density at radius 3 is 2.68 bits per heavy atom. The molecule has 7 nitrogen and oxygen atoms in total. The molecule has 0 aliphatic rings. The molecular formula is C12H14N4O3. The molecule has 0 atom stereocenters. The molecule has 0 spiro atoms. The highest BCUT2D eigenvalue weighted by Gasteiger charge is 2.11. The standard InChI is InChI=1S/C12H14N4O3/c1-8-14-15-11(19-8)7-18-12(17)9-4-5-10(13-6-9)16(2)3/h4-6H,7H2,1-3H3. The van der Waals surface area contributed by atoms with Crippen LogP contribution < -0.4 is 4.90 Å². The molecule has 0 amide bonds. The number of esters is 1. The molecule has 0 bridgehead atoms. The summed E-state index contributed by atoms with van der Waals surface area (Å²) in [6.07, 6.45) is 1.47. The lowest BCUT2D eigenvalue weighted by Crippen LogP contribution is -2.11. The van der Waals surface area contributed by atoms with E-state index in [4.69, 9.17) is 9.15 Å². The molecule has 7 heteroatoms. The summed E-state index contributed by atoms with van der Waals surface area (Å²) in [7, 11) is 3.75. The van der Waals surface area contributed by atoms with Gasteiger partial charge < -0.3 is 14.1 Å². The molecule has 2 aromatic heterocycles. The smallest absolute Gasteiger partial charge is 0.340 e. The minimum absolute atomic E-state index is 0.0465. The Bertz CT molecular complexity index is 563. The van der Waals surface area contributed by atoms with Crippen LogP contribution in [0.15, 0.2) is 22.7 Å². The molecule has 0 unspecified atom stereocenters. The van der Waals surface area contributed by atoms with Crippen molar-refractivity contribution in [2.45, 2.75) is 13.5 Å². The van der Waals surface area contributed by atoms with Gasteiger partial charge in [0.15, 0.2) is 6.61 Å². The SMILES string of the molecule is Cc1nnc(COC(=O)c2ccc(N(C)C)nc2)o1. The van der Waals surface area contributed by atoms with Crippen LogP contribution >= 0.6 is 0 Å². The molecule has 0 saturated carbocycles. The van der Waals surface area contributed by atoms with Crippen LogP contribution in [0.2, 0.25) is 0 Å². The van der Waals surface area contributed by atoms with Crippen LogP contribution in [0, 0.1) is 6.92 Å². The van der Waals surface area contributed by atoms with Gasteiger partial charge in [-0.1, -0.05) is 0 Å². The fourth-order valence-corrected chi connectivity index (χ4v) is 1.38. The average Bonchev–Trinajstić information content (AvgIpc) is 2.82. The van der Waals surface area contributed by atoms with E-state index in [1.807, 2.05) is 19.0 Å². The van der Waals surface area contributed by atoms with Crippen molar-refractivity contribution in [1.29, 1.82) is 0 Å². The Labute approximate surface area is 110 Å². The zero-order chi connectivity index (χ0) is 13.8. The van der Waals surface area contributed by atoms with Gasteiger partial charge in [-0.2, -0.15) is 0 Å². The summed E-state index contributed by atoms with van der Waals surface area (Å²) in [4.78, 5) is 17.7. The van der Waals surface area contributed by atoms with E-state index >= 15 is 0 Å². The summed E-state index contributed by atoms with van der Waals surface area (Å²) in [6, 6.07) is 3.40. The number of rotatable bonds is 4. The van der Waals surface area contributed by atoms with Crippen LogP contribution in [0.3, 0.4) is 0 Å². The minimum Gasteiger partial charge on any atom is -0.452 e. The van der Waals surface area contributed by atoms with Gasteiger partial charge in [-0.15, -0.1) is 10.2 Å². The second-order valence-corrected chi connectivity index (χ2v) is 4.09. The van der Waals surface area contributed by atoms with E-state index in [9.17, 15) is 4.79 Å². The van der Waals surface area contributed by atoms with Crippen molar-refractivity contribution < 1.29 is 13.9 Å². The van der Waals surface area contributed by atoms with Gasteiger partial charge in [0.1, 0.15) is 5.82 Å². The number of carbonyl (C=O) groups is 1. The zero-order valence-corrected chi connectivity index (χ0v) is 11.0. The first-order valence-electron chi connectivity index (χ1n) is 5.66. The molecule has 0 fully saturated rings. The number of hydrogen-bond donors (Lipinski definition) is 0. The van der Waals surface area contributed by atoms with Crippen molar-refractivity contribution in [1.82, 2.24) is 15.2 Å².